The van der Waals surface area contributed by atoms with Crippen molar-refractivity contribution in [3.63, 3.8) is 0 Å². The predicted octanol–water partition coefficient (Wildman–Crippen LogP) is 0.320. The van der Waals surface area contributed by atoms with Crippen molar-refractivity contribution in [1.29, 1.82) is 0 Å². The first-order valence-corrected chi connectivity index (χ1v) is 9.45. The largest absolute Gasteiger partial charge is 0.861 e. The van der Waals surface area contributed by atoms with E-state index in [-0.39, 0.29) is 16.9 Å². The number of carbonyl (C=O) groups excluding carboxylic acids is 1. The zero-order valence-electron chi connectivity index (χ0n) is 15.6. The SMILES string of the molecule is CC(=O)SCC(C)(C)C([O-])=Nc1c[n+](N2CCN(C(C)C)CC2)no1. The Morgan fingerprint density at radius 1 is 1.44 bits per heavy atom. The number of hydrogen-bond acceptors (Lipinski definition) is 8. The zero-order valence-corrected chi connectivity index (χ0v) is 16.4. The van der Waals surface area contributed by atoms with E-state index < -0.39 is 5.41 Å². The van der Waals surface area contributed by atoms with Crippen molar-refractivity contribution in [2.24, 2.45) is 10.4 Å². The highest BCUT2D eigenvalue weighted by atomic mass is 32.2. The van der Waals surface area contributed by atoms with Gasteiger partial charge in [0.1, 0.15) is 0 Å². The first kappa shape index (κ1) is 19.7. The number of aromatic nitrogens is 2. The van der Waals surface area contributed by atoms with Gasteiger partial charge >= 0.3 is 5.88 Å². The highest BCUT2D eigenvalue weighted by Crippen LogP contribution is 2.24. The molecule has 1 saturated heterocycles. The van der Waals surface area contributed by atoms with Gasteiger partial charge in [0.05, 0.1) is 17.9 Å². The Kier molecular flexibility index (Phi) is 6.45. The van der Waals surface area contributed by atoms with Gasteiger partial charge in [-0.3, -0.25) is 14.2 Å². The lowest BCUT2D eigenvalue weighted by atomic mass is 9.96. The van der Waals surface area contributed by atoms with Crippen LogP contribution < -0.4 is 14.9 Å². The van der Waals surface area contributed by atoms with Crippen molar-refractivity contribution in [3.05, 3.63) is 6.20 Å². The second-order valence-electron chi connectivity index (χ2n) is 7.13. The summed E-state index contributed by atoms with van der Waals surface area (Å²) in [5, 5.41) is 18.3. The molecule has 0 atom stereocenters. The lowest BCUT2D eigenvalue weighted by Gasteiger charge is -2.32. The Bertz CT molecular complexity index is 621. The highest BCUT2D eigenvalue weighted by Gasteiger charge is 2.27. The van der Waals surface area contributed by atoms with Crippen LogP contribution >= 0.6 is 11.8 Å². The van der Waals surface area contributed by atoms with E-state index >= 15 is 0 Å². The van der Waals surface area contributed by atoms with Crippen LogP contribution in [0.1, 0.15) is 34.6 Å². The second kappa shape index (κ2) is 8.18. The van der Waals surface area contributed by atoms with Crippen LogP contribution in [-0.2, 0) is 4.79 Å². The fourth-order valence-electron chi connectivity index (χ4n) is 2.44. The summed E-state index contributed by atoms with van der Waals surface area (Å²) in [5.41, 5.74) is -0.739. The molecule has 0 saturated carbocycles. The molecule has 0 spiro atoms. The molecule has 0 unspecified atom stereocenters. The van der Waals surface area contributed by atoms with E-state index in [1.54, 1.807) is 24.8 Å². The van der Waals surface area contributed by atoms with Crippen LogP contribution in [0.25, 0.3) is 0 Å². The molecule has 0 radical (unpaired) electrons. The number of thioether (sulfide) groups is 1. The van der Waals surface area contributed by atoms with Crippen molar-refractivity contribution in [3.8, 4) is 0 Å². The maximum absolute atomic E-state index is 12.3. The van der Waals surface area contributed by atoms with Gasteiger partial charge in [0, 0.05) is 37.2 Å². The molecule has 0 bridgehead atoms. The van der Waals surface area contributed by atoms with Gasteiger partial charge in [0.2, 0.25) is 5.27 Å². The molecule has 25 heavy (non-hydrogen) atoms. The van der Waals surface area contributed by atoms with Gasteiger partial charge in [-0.1, -0.05) is 25.6 Å². The molecule has 1 aliphatic heterocycles. The number of piperazine rings is 1. The molecule has 140 valence electrons. The molecule has 2 rings (SSSR count). The van der Waals surface area contributed by atoms with Gasteiger partial charge in [-0.2, -0.15) is 5.01 Å². The molecular formula is C16H27N5O3S. The lowest BCUT2D eigenvalue weighted by Crippen LogP contribution is -2.65. The third kappa shape index (κ3) is 5.43. The van der Waals surface area contributed by atoms with E-state index in [2.05, 4.69) is 34.0 Å². The summed E-state index contributed by atoms with van der Waals surface area (Å²) in [4.78, 5) is 19.1. The molecule has 1 aliphatic rings. The van der Waals surface area contributed by atoms with Crippen LogP contribution in [0.4, 0.5) is 5.88 Å². The Morgan fingerprint density at radius 3 is 2.64 bits per heavy atom. The van der Waals surface area contributed by atoms with Crippen molar-refractivity contribution in [1.82, 2.24) is 10.2 Å². The Hall–Kier alpha value is -1.61. The van der Waals surface area contributed by atoms with Gasteiger partial charge in [-0.05, 0) is 19.7 Å². The number of nitrogens with zero attached hydrogens (tertiary/aromatic N) is 5. The van der Waals surface area contributed by atoms with Crippen LogP contribution in [-0.4, -0.2) is 59.2 Å². The van der Waals surface area contributed by atoms with E-state index in [0.29, 0.717) is 11.8 Å². The van der Waals surface area contributed by atoms with Crippen molar-refractivity contribution in [2.45, 2.75) is 40.7 Å². The van der Waals surface area contributed by atoms with E-state index in [0.717, 1.165) is 37.9 Å². The van der Waals surface area contributed by atoms with Gasteiger partial charge < -0.3 is 5.11 Å². The van der Waals surface area contributed by atoms with Gasteiger partial charge in [0.25, 0.3) is 6.20 Å². The van der Waals surface area contributed by atoms with E-state index in [1.807, 2.05) is 0 Å². The summed E-state index contributed by atoms with van der Waals surface area (Å²) in [6.07, 6.45) is 1.62. The molecule has 1 aromatic heterocycles. The molecule has 0 aromatic carbocycles. The first-order valence-electron chi connectivity index (χ1n) is 8.46. The predicted molar refractivity (Wildman–Crippen MR) is 95.4 cm³/mol. The fraction of sp³-hybridized carbons (Fsp3) is 0.750. The Labute approximate surface area is 152 Å². The average molecular weight is 369 g/mol. The topological polar surface area (TPSA) is 88.9 Å². The van der Waals surface area contributed by atoms with Crippen LogP contribution in [0.15, 0.2) is 15.7 Å². The molecule has 9 heteroatoms. The third-order valence-electron chi connectivity index (χ3n) is 4.18. The van der Waals surface area contributed by atoms with Gasteiger partial charge in [-0.25, -0.2) is 4.99 Å². The molecule has 2 heterocycles. The molecule has 0 aliphatic carbocycles. The minimum Gasteiger partial charge on any atom is -0.861 e. The molecular weight excluding hydrogens is 342 g/mol. The smallest absolute Gasteiger partial charge is 0.324 e. The Morgan fingerprint density at radius 2 is 2.08 bits per heavy atom. The number of rotatable bonds is 6. The molecule has 0 N–H and O–H groups in total. The highest BCUT2D eigenvalue weighted by molar-refractivity contribution is 8.13. The summed E-state index contributed by atoms with van der Waals surface area (Å²) in [7, 11) is 0. The van der Waals surface area contributed by atoms with Crippen molar-refractivity contribution in [2.75, 3.05) is 36.9 Å². The fourth-order valence-corrected chi connectivity index (χ4v) is 3.13. The minimum atomic E-state index is -0.739. The molecule has 1 fully saturated rings. The van der Waals surface area contributed by atoms with E-state index in [9.17, 15) is 9.90 Å². The molecule has 1 aromatic rings. The van der Waals surface area contributed by atoms with Crippen LogP contribution in [0, 0.1) is 5.41 Å². The number of aliphatic imine (C=N–C) groups is 1. The maximum atomic E-state index is 12.3. The second-order valence-corrected chi connectivity index (χ2v) is 8.28. The standard InChI is InChI=1S/C16H27N5O3S/c1-12(2)19-6-8-20(9-7-19)21-10-14(24-18-21)17-15(23)16(4,5)11-25-13(3)22/h10,12H,6-9,11H2,1-5H3. The van der Waals surface area contributed by atoms with Crippen LogP contribution in [0.3, 0.4) is 0 Å². The summed E-state index contributed by atoms with van der Waals surface area (Å²) < 4.78 is 5.18. The number of hydrogen-bond donors (Lipinski definition) is 0. The third-order valence-corrected chi connectivity index (χ3v) is 5.45. The lowest BCUT2D eigenvalue weighted by molar-refractivity contribution is -0.759. The summed E-state index contributed by atoms with van der Waals surface area (Å²) >= 11 is 1.12. The van der Waals surface area contributed by atoms with Crippen molar-refractivity contribution < 1.29 is 19.2 Å². The van der Waals surface area contributed by atoms with Crippen LogP contribution in [0.5, 0.6) is 0 Å². The van der Waals surface area contributed by atoms with Gasteiger partial charge in [-0.15, -0.1) is 0 Å². The van der Waals surface area contributed by atoms with Gasteiger partial charge in [0.15, 0.2) is 5.12 Å². The quantitative estimate of drug-likeness (QED) is 0.405. The molecule has 8 nitrogen and oxygen atoms in total. The van der Waals surface area contributed by atoms with Crippen molar-refractivity contribution >= 4 is 28.7 Å². The summed E-state index contributed by atoms with van der Waals surface area (Å²) in [6.45, 7) is 13.0. The Balaban J connectivity index is 2.00. The monoisotopic (exact) mass is 369 g/mol. The van der Waals surface area contributed by atoms with E-state index in [1.165, 1.54) is 6.92 Å². The average Bonchev–Trinajstić information content (AvgIpc) is 3.01. The summed E-state index contributed by atoms with van der Waals surface area (Å²) in [6, 6.07) is 0.530. The van der Waals surface area contributed by atoms with E-state index in [4.69, 9.17) is 4.52 Å². The van der Waals surface area contributed by atoms with Crippen LogP contribution in [0.2, 0.25) is 0 Å². The maximum Gasteiger partial charge on any atom is 0.324 e. The summed E-state index contributed by atoms with van der Waals surface area (Å²) in [5.74, 6) is 0.238. The minimum absolute atomic E-state index is 0.0149. The normalized spacial score (nSPS) is 17.4. The first-order chi connectivity index (χ1) is 11.7. The zero-order chi connectivity index (χ0) is 18.6. The molecule has 0 amide bonds. The number of carbonyl (C=O) groups is 1.